The van der Waals surface area contributed by atoms with Crippen LogP contribution >= 0.6 is 0 Å². The van der Waals surface area contributed by atoms with Crippen molar-refractivity contribution in [2.24, 2.45) is 0 Å². The van der Waals surface area contributed by atoms with Crippen molar-refractivity contribution < 1.29 is 9.59 Å². The normalized spacial score (nSPS) is 15.5. The molecule has 0 fully saturated rings. The van der Waals surface area contributed by atoms with E-state index in [0.717, 1.165) is 40.7 Å². The van der Waals surface area contributed by atoms with Crippen LogP contribution in [0.1, 0.15) is 51.1 Å². The summed E-state index contributed by atoms with van der Waals surface area (Å²) in [6.45, 7) is 0. The second kappa shape index (κ2) is 8.18. The Kier molecular flexibility index (Phi) is 5.29. The Hall–Kier alpha value is -3.26. The molecule has 28 heavy (non-hydrogen) atoms. The van der Waals surface area contributed by atoms with Crippen LogP contribution in [-0.2, 0) is 6.42 Å². The average molecular weight is 366 g/mol. The van der Waals surface area contributed by atoms with Crippen LogP contribution in [0.15, 0.2) is 90.5 Å². The molecule has 0 saturated heterocycles. The minimum absolute atomic E-state index is 0.0392. The molecule has 4 rings (SSSR count). The fourth-order valence-corrected chi connectivity index (χ4v) is 3.89. The third kappa shape index (κ3) is 3.72. The molecule has 0 spiro atoms. The first-order chi connectivity index (χ1) is 13.7. The lowest BCUT2D eigenvalue weighted by Crippen LogP contribution is -2.09. The minimum atomic E-state index is 0.0392. The van der Waals surface area contributed by atoms with E-state index in [1.165, 1.54) is 0 Å². The van der Waals surface area contributed by atoms with Gasteiger partial charge in [-0.15, -0.1) is 0 Å². The molecular formula is C26H22O2. The van der Waals surface area contributed by atoms with Crippen molar-refractivity contribution in [2.75, 3.05) is 0 Å². The number of allylic oxidation sites excluding steroid dienone is 2. The number of aryl methyl sites for hydroxylation is 1. The number of hydrogen-bond donors (Lipinski definition) is 0. The lowest BCUT2D eigenvalue weighted by Gasteiger charge is -2.14. The topological polar surface area (TPSA) is 34.1 Å². The van der Waals surface area contributed by atoms with Gasteiger partial charge in [0.1, 0.15) is 0 Å². The van der Waals surface area contributed by atoms with Crippen LogP contribution in [0.25, 0.3) is 5.57 Å². The van der Waals surface area contributed by atoms with Crippen molar-refractivity contribution in [3.8, 4) is 0 Å². The molecule has 0 unspecified atom stereocenters. The zero-order valence-corrected chi connectivity index (χ0v) is 15.7. The van der Waals surface area contributed by atoms with Crippen LogP contribution < -0.4 is 0 Å². The molecule has 138 valence electrons. The summed E-state index contributed by atoms with van der Waals surface area (Å²) in [5, 5.41) is 0. The van der Waals surface area contributed by atoms with E-state index >= 15 is 0 Å². The van der Waals surface area contributed by atoms with E-state index in [2.05, 4.69) is 0 Å². The molecule has 0 N–H and O–H groups in total. The fraction of sp³-hybridized carbons (Fsp3) is 0.154. The summed E-state index contributed by atoms with van der Waals surface area (Å²) in [4.78, 5) is 26.4. The Balaban J connectivity index is 1.81. The van der Waals surface area contributed by atoms with Gasteiger partial charge >= 0.3 is 0 Å². The van der Waals surface area contributed by atoms with Gasteiger partial charge in [-0.05, 0) is 36.0 Å². The third-order valence-electron chi connectivity index (χ3n) is 5.33. The van der Waals surface area contributed by atoms with Gasteiger partial charge in [0.2, 0.25) is 0 Å². The lowest BCUT2D eigenvalue weighted by molar-refractivity contribution is 0.0998. The molecule has 1 aliphatic rings. The monoisotopic (exact) mass is 366 g/mol. The van der Waals surface area contributed by atoms with Gasteiger partial charge in [-0.2, -0.15) is 0 Å². The van der Waals surface area contributed by atoms with Crippen molar-refractivity contribution in [1.82, 2.24) is 0 Å². The van der Waals surface area contributed by atoms with E-state index in [0.29, 0.717) is 12.0 Å². The Labute approximate surface area is 165 Å². The Morgan fingerprint density at radius 1 is 0.714 bits per heavy atom. The second-order valence-corrected chi connectivity index (χ2v) is 7.13. The van der Waals surface area contributed by atoms with Crippen LogP contribution in [0.4, 0.5) is 0 Å². The zero-order valence-electron chi connectivity index (χ0n) is 15.7. The molecule has 2 heteroatoms. The summed E-state index contributed by atoms with van der Waals surface area (Å²) >= 11 is 0. The van der Waals surface area contributed by atoms with Gasteiger partial charge in [0, 0.05) is 23.1 Å². The van der Waals surface area contributed by atoms with Gasteiger partial charge in [-0.1, -0.05) is 84.9 Å². The maximum absolute atomic E-state index is 13.4. The van der Waals surface area contributed by atoms with Crippen LogP contribution in [0.2, 0.25) is 0 Å². The lowest BCUT2D eigenvalue weighted by atomic mass is 9.88. The second-order valence-electron chi connectivity index (χ2n) is 7.13. The number of carbonyl (C=O) groups excluding carboxylic acids is 2. The molecule has 3 aromatic rings. The Bertz CT molecular complexity index is 1030. The van der Waals surface area contributed by atoms with Crippen molar-refractivity contribution in [2.45, 2.75) is 25.7 Å². The van der Waals surface area contributed by atoms with Gasteiger partial charge in [0.05, 0.1) is 0 Å². The van der Waals surface area contributed by atoms with E-state index in [-0.39, 0.29) is 18.0 Å². The van der Waals surface area contributed by atoms with E-state index in [1.54, 1.807) is 0 Å². The van der Waals surface area contributed by atoms with Gasteiger partial charge < -0.3 is 0 Å². The zero-order chi connectivity index (χ0) is 19.3. The van der Waals surface area contributed by atoms with Crippen LogP contribution in [-0.4, -0.2) is 11.6 Å². The number of Topliss-reactive ketones (excluding diaryl/α,β-unsaturated/α-hetero) is 2. The largest absolute Gasteiger partial charge is 0.294 e. The van der Waals surface area contributed by atoms with Crippen LogP contribution in [0.3, 0.4) is 0 Å². The van der Waals surface area contributed by atoms with Crippen molar-refractivity contribution in [3.05, 3.63) is 113 Å². The smallest absolute Gasteiger partial charge is 0.189 e. The van der Waals surface area contributed by atoms with Crippen LogP contribution in [0.5, 0.6) is 0 Å². The van der Waals surface area contributed by atoms with Gasteiger partial charge in [-0.3, -0.25) is 9.59 Å². The first-order valence-corrected chi connectivity index (χ1v) is 9.72. The number of fused-ring (bicyclic) bond motifs is 1. The molecule has 0 heterocycles. The maximum atomic E-state index is 13.4. The highest BCUT2D eigenvalue weighted by atomic mass is 16.1. The molecule has 0 bridgehead atoms. The van der Waals surface area contributed by atoms with E-state index in [1.807, 2.05) is 84.9 Å². The standard InChI is InChI=1S/C26H22O2/c27-25(21-13-5-2-6-14-21)18-24(20-10-3-1-4-11-20)23-17-9-15-19-12-7-8-16-22(19)26(23)28/h1-8,10-14,16H,9,15,17-18H2/b24-23-. The van der Waals surface area contributed by atoms with Crippen LogP contribution in [0, 0.1) is 0 Å². The SMILES string of the molecule is O=C(C/C(=C1\CCCc2ccccc2C1=O)c1ccccc1)c1ccccc1. The third-order valence-corrected chi connectivity index (χ3v) is 5.33. The molecule has 3 aromatic carbocycles. The highest BCUT2D eigenvalue weighted by Gasteiger charge is 2.24. The highest BCUT2D eigenvalue weighted by Crippen LogP contribution is 2.32. The summed E-state index contributed by atoms with van der Waals surface area (Å²) < 4.78 is 0. The summed E-state index contributed by atoms with van der Waals surface area (Å²) in [6.07, 6.45) is 2.73. The number of benzene rings is 3. The molecule has 0 aromatic heterocycles. The number of hydrogen-bond acceptors (Lipinski definition) is 2. The highest BCUT2D eigenvalue weighted by molar-refractivity contribution is 6.16. The molecule has 0 saturated carbocycles. The molecule has 0 amide bonds. The number of carbonyl (C=O) groups is 2. The molecule has 0 atom stereocenters. The molecule has 0 aliphatic heterocycles. The quantitative estimate of drug-likeness (QED) is 0.326. The van der Waals surface area contributed by atoms with E-state index in [9.17, 15) is 9.59 Å². The fourth-order valence-electron chi connectivity index (χ4n) is 3.89. The van der Waals surface area contributed by atoms with Crippen molar-refractivity contribution >= 4 is 17.1 Å². The number of ketones is 2. The molecular weight excluding hydrogens is 344 g/mol. The summed E-state index contributed by atoms with van der Waals surface area (Å²) in [6, 6.07) is 27.0. The molecule has 1 aliphatic carbocycles. The average Bonchev–Trinajstić information content (AvgIpc) is 2.92. The van der Waals surface area contributed by atoms with Gasteiger partial charge in [0.25, 0.3) is 0 Å². The summed E-state index contributed by atoms with van der Waals surface area (Å²) in [7, 11) is 0. The van der Waals surface area contributed by atoms with E-state index < -0.39 is 0 Å². The Morgan fingerprint density at radius 3 is 2.04 bits per heavy atom. The Morgan fingerprint density at radius 2 is 1.32 bits per heavy atom. The van der Waals surface area contributed by atoms with Crippen molar-refractivity contribution in [1.29, 1.82) is 0 Å². The maximum Gasteiger partial charge on any atom is 0.189 e. The predicted molar refractivity (Wildman–Crippen MR) is 112 cm³/mol. The summed E-state index contributed by atoms with van der Waals surface area (Å²) in [5.74, 6) is 0.102. The van der Waals surface area contributed by atoms with Gasteiger partial charge in [-0.25, -0.2) is 0 Å². The van der Waals surface area contributed by atoms with E-state index in [4.69, 9.17) is 0 Å². The minimum Gasteiger partial charge on any atom is -0.294 e. The first-order valence-electron chi connectivity index (χ1n) is 9.72. The molecule has 0 radical (unpaired) electrons. The first kappa shape index (κ1) is 18.1. The van der Waals surface area contributed by atoms with Crippen molar-refractivity contribution in [3.63, 3.8) is 0 Å². The predicted octanol–water partition coefficient (Wildman–Crippen LogP) is 5.93. The number of rotatable bonds is 4. The van der Waals surface area contributed by atoms with Gasteiger partial charge in [0.15, 0.2) is 11.6 Å². The molecule has 2 nitrogen and oxygen atoms in total. The summed E-state index contributed by atoms with van der Waals surface area (Å²) in [5.41, 5.74) is 5.14.